The Bertz CT molecular complexity index is 416. The van der Waals surface area contributed by atoms with Crippen molar-refractivity contribution in [3.63, 3.8) is 0 Å². The van der Waals surface area contributed by atoms with Gasteiger partial charge in [0.1, 0.15) is 6.10 Å². The molecular weight excluding hydrogens is 232 g/mol. The first-order valence-electron chi connectivity index (χ1n) is 5.65. The number of alkyl halides is 1. The lowest BCUT2D eigenvalue weighted by molar-refractivity contribution is -0.151. The van der Waals surface area contributed by atoms with Gasteiger partial charge in [0, 0.05) is 5.92 Å². The molecule has 4 fully saturated rings. The largest absolute Gasteiger partial charge is 0.481 e. The Kier molecular flexibility index (Phi) is 1.39. The second-order valence-electron chi connectivity index (χ2n) is 5.52. The maximum absolute atomic E-state index is 11.7. The molecule has 1 saturated heterocycles. The van der Waals surface area contributed by atoms with E-state index >= 15 is 0 Å². The molecule has 1 spiro atoms. The van der Waals surface area contributed by atoms with E-state index in [4.69, 9.17) is 16.3 Å². The van der Waals surface area contributed by atoms with Crippen LogP contribution in [0, 0.1) is 29.1 Å². The molecule has 0 radical (unpaired) electrons. The molecule has 3 saturated carbocycles. The van der Waals surface area contributed by atoms with E-state index in [2.05, 4.69) is 0 Å². The van der Waals surface area contributed by atoms with Gasteiger partial charge in [0.25, 0.3) is 0 Å². The Morgan fingerprint density at radius 2 is 2.12 bits per heavy atom. The summed E-state index contributed by atoms with van der Waals surface area (Å²) in [5.41, 5.74) is 0.0248. The molecule has 0 aromatic carbocycles. The lowest BCUT2D eigenvalue weighted by Crippen LogP contribution is -2.38. The summed E-state index contributed by atoms with van der Waals surface area (Å²) in [4.78, 5) is 23.0. The van der Waals surface area contributed by atoms with Crippen LogP contribution in [0.5, 0.6) is 0 Å². The lowest BCUT2D eigenvalue weighted by Gasteiger charge is -2.24. The van der Waals surface area contributed by atoms with Gasteiger partial charge in [0.2, 0.25) is 0 Å². The highest BCUT2D eigenvalue weighted by Gasteiger charge is 2.81. The smallest absolute Gasteiger partial charge is 0.310 e. The maximum Gasteiger partial charge on any atom is 0.310 e. The van der Waals surface area contributed by atoms with E-state index < -0.39 is 17.8 Å². The Labute approximate surface area is 96.9 Å². The summed E-state index contributed by atoms with van der Waals surface area (Å²) in [7, 11) is 0. The monoisotopic (exact) mass is 242 g/mol. The predicted octanol–water partition coefficient (Wildman–Crippen LogP) is 0.876. The van der Waals surface area contributed by atoms with E-state index in [9.17, 15) is 14.7 Å². The van der Waals surface area contributed by atoms with Gasteiger partial charge in [-0.05, 0) is 24.2 Å². The summed E-state index contributed by atoms with van der Waals surface area (Å²) in [5.74, 6) is -2.23. The summed E-state index contributed by atoms with van der Waals surface area (Å²) >= 11 is 6.29. The van der Waals surface area contributed by atoms with Crippen LogP contribution in [-0.4, -0.2) is 28.5 Å². The standard InChI is InChI=1S/C11H11ClO4/c12-7-5-3(9(13)14)4-6(11(5)1-2-11)8(7)16-10(4)15/h3-8H,1-2H2,(H,13,14)/t3-,4+,5+,6+,7-,8+/m1/s1. The van der Waals surface area contributed by atoms with E-state index in [-0.39, 0.29) is 34.7 Å². The molecule has 16 heavy (non-hydrogen) atoms. The zero-order valence-corrected chi connectivity index (χ0v) is 9.18. The Morgan fingerprint density at radius 1 is 1.44 bits per heavy atom. The molecule has 0 aromatic rings. The normalized spacial score (nSPS) is 54.4. The number of esters is 1. The van der Waals surface area contributed by atoms with Crippen molar-refractivity contribution in [2.75, 3.05) is 0 Å². The minimum Gasteiger partial charge on any atom is -0.481 e. The van der Waals surface area contributed by atoms with Crippen LogP contribution in [0.3, 0.4) is 0 Å². The Morgan fingerprint density at radius 3 is 2.69 bits per heavy atom. The van der Waals surface area contributed by atoms with Crippen molar-refractivity contribution in [2.24, 2.45) is 29.1 Å². The molecule has 1 heterocycles. The fraction of sp³-hybridized carbons (Fsp3) is 0.818. The number of carboxylic acids is 1. The van der Waals surface area contributed by atoms with Crippen molar-refractivity contribution in [2.45, 2.75) is 24.3 Å². The molecule has 6 atom stereocenters. The summed E-state index contributed by atoms with van der Waals surface area (Å²) in [6, 6.07) is 0. The van der Waals surface area contributed by atoms with Gasteiger partial charge in [-0.3, -0.25) is 9.59 Å². The lowest BCUT2D eigenvalue weighted by atomic mass is 9.80. The van der Waals surface area contributed by atoms with Gasteiger partial charge in [0.05, 0.1) is 17.2 Å². The van der Waals surface area contributed by atoms with Crippen LogP contribution >= 0.6 is 11.6 Å². The number of halogens is 1. The SMILES string of the molecule is O=C(O)[C@@H]1[C@@H]2C(=O)O[C@@H]3[C@H](Cl)[C@H]1C1(CC1)[C@H]32. The van der Waals surface area contributed by atoms with E-state index in [1.54, 1.807) is 0 Å². The molecule has 0 aromatic heterocycles. The molecule has 86 valence electrons. The number of carbonyl (C=O) groups is 2. The second kappa shape index (κ2) is 2.40. The van der Waals surface area contributed by atoms with Gasteiger partial charge in [0.15, 0.2) is 0 Å². The summed E-state index contributed by atoms with van der Waals surface area (Å²) in [6.45, 7) is 0. The molecule has 5 heteroatoms. The number of carboxylic acid groups (broad SMARTS) is 1. The summed E-state index contributed by atoms with van der Waals surface area (Å²) < 4.78 is 5.27. The number of carbonyl (C=O) groups excluding carboxylic acids is 1. The van der Waals surface area contributed by atoms with Gasteiger partial charge in [-0.15, -0.1) is 11.6 Å². The van der Waals surface area contributed by atoms with Crippen molar-refractivity contribution in [3.05, 3.63) is 0 Å². The van der Waals surface area contributed by atoms with Crippen LogP contribution < -0.4 is 0 Å². The van der Waals surface area contributed by atoms with Gasteiger partial charge in [-0.1, -0.05) is 0 Å². The Hall–Kier alpha value is -0.770. The van der Waals surface area contributed by atoms with Crippen molar-refractivity contribution in [1.82, 2.24) is 0 Å². The second-order valence-corrected chi connectivity index (χ2v) is 6.02. The zero-order chi connectivity index (χ0) is 11.2. The fourth-order valence-electron chi connectivity index (χ4n) is 4.60. The highest BCUT2D eigenvalue weighted by Crippen LogP contribution is 2.77. The number of ether oxygens (including phenoxy) is 1. The third kappa shape index (κ3) is 0.725. The van der Waals surface area contributed by atoms with Gasteiger partial charge < -0.3 is 9.84 Å². The van der Waals surface area contributed by atoms with Gasteiger partial charge in [-0.2, -0.15) is 0 Å². The molecule has 4 aliphatic rings. The summed E-state index contributed by atoms with van der Waals surface area (Å²) in [5, 5.41) is 8.99. The van der Waals surface area contributed by atoms with E-state index in [1.165, 1.54) is 0 Å². The molecular formula is C11H11ClO4. The Balaban J connectivity index is 1.89. The molecule has 4 rings (SSSR count). The van der Waals surface area contributed by atoms with Crippen LogP contribution in [0.25, 0.3) is 0 Å². The van der Waals surface area contributed by atoms with Gasteiger partial charge >= 0.3 is 11.9 Å². The van der Waals surface area contributed by atoms with Crippen molar-refractivity contribution in [1.29, 1.82) is 0 Å². The quantitative estimate of drug-likeness (QED) is 0.548. The molecule has 2 bridgehead atoms. The highest BCUT2D eigenvalue weighted by atomic mass is 35.5. The van der Waals surface area contributed by atoms with Gasteiger partial charge in [-0.25, -0.2) is 0 Å². The molecule has 1 aliphatic heterocycles. The zero-order valence-electron chi connectivity index (χ0n) is 8.43. The molecule has 0 unspecified atom stereocenters. The first-order chi connectivity index (χ1) is 7.58. The third-order valence-corrected chi connectivity index (χ3v) is 5.66. The van der Waals surface area contributed by atoms with Crippen molar-refractivity contribution >= 4 is 23.5 Å². The summed E-state index contributed by atoms with van der Waals surface area (Å²) in [6.07, 6.45) is 1.81. The minimum atomic E-state index is -0.883. The molecule has 1 N–H and O–H groups in total. The molecule has 3 aliphatic carbocycles. The van der Waals surface area contributed by atoms with Crippen molar-refractivity contribution in [3.8, 4) is 0 Å². The average molecular weight is 243 g/mol. The van der Waals surface area contributed by atoms with Crippen LogP contribution in [-0.2, 0) is 14.3 Å². The average Bonchev–Trinajstić information content (AvgIpc) is 2.80. The third-order valence-electron chi connectivity index (χ3n) is 5.14. The van der Waals surface area contributed by atoms with E-state index in [0.29, 0.717) is 0 Å². The predicted molar refractivity (Wildman–Crippen MR) is 52.8 cm³/mol. The molecule has 4 nitrogen and oxygen atoms in total. The van der Waals surface area contributed by atoms with Crippen molar-refractivity contribution < 1.29 is 19.4 Å². The fourth-order valence-corrected chi connectivity index (χ4v) is 5.21. The highest BCUT2D eigenvalue weighted by molar-refractivity contribution is 6.22. The first kappa shape index (κ1) is 9.28. The van der Waals surface area contributed by atoms with E-state index in [0.717, 1.165) is 12.8 Å². The van der Waals surface area contributed by atoms with Crippen LogP contribution in [0.4, 0.5) is 0 Å². The number of rotatable bonds is 1. The van der Waals surface area contributed by atoms with Crippen LogP contribution in [0.1, 0.15) is 12.8 Å². The number of aliphatic carboxylic acids is 1. The first-order valence-corrected chi connectivity index (χ1v) is 6.09. The minimum absolute atomic E-state index is 0.0248. The van der Waals surface area contributed by atoms with E-state index in [1.807, 2.05) is 0 Å². The topological polar surface area (TPSA) is 63.6 Å². The van der Waals surface area contributed by atoms with Crippen LogP contribution in [0.2, 0.25) is 0 Å². The molecule has 0 amide bonds. The maximum atomic E-state index is 11.7. The number of hydrogen-bond donors (Lipinski definition) is 1. The number of hydrogen-bond acceptors (Lipinski definition) is 3. The van der Waals surface area contributed by atoms with Crippen LogP contribution in [0.15, 0.2) is 0 Å².